The maximum atomic E-state index is 11.9. The Bertz CT molecular complexity index is 299. The second kappa shape index (κ2) is 5.95. The lowest BCUT2D eigenvalue weighted by atomic mass is 10.0. The van der Waals surface area contributed by atoms with E-state index in [4.69, 9.17) is 10.5 Å². The normalized spacial score (nSPS) is 24.6. The van der Waals surface area contributed by atoms with Crippen molar-refractivity contribution in [3.63, 3.8) is 0 Å². The van der Waals surface area contributed by atoms with Crippen LogP contribution in [-0.4, -0.2) is 51.3 Å². The number of sulfonamides is 1. The Balaban J connectivity index is 2.53. The van der Waals surface area contributed by atoms with Gasteiger partial charge in [-0.25, -0.2) is 12.7 Å². The fourth-order valence-corrected chi connectivity index (χ4v) is 3.12. The Hall–Kier alpha value is -0.170. The zero-order chi connectivity index (χ0) is 12.2. The van der Waals surface area contributed by atoms with Crippen LogP contribution in [0.3, 0.4) is 0 Å². The lowest BCUT2D eigenvalue weighted by Crippen LogP contribution is -2.41. The van der Waals surface area contributed by atoms with E-state index >= 15 is 0 Å². The second-order valence-corrected chi connectivity index (χ2v) is 6.91. The Kier molecular flexibility index (Phi) is 5.17. The van der Waals surface area contributed by atoms with Crippen LogP contribution in [0, 0.1) is 5.92 Å². The molecule has 2 atom stereocenters. The van der Waals surface area contributed by atoms with E-state index in [0.717, 1.165) is 19.4 Å². The van der Waals surface area contributed by atoms with Crippen molar-refractivity contribution in [2.75, 3.05) is 33.4 Å². The third kappa shape index (κ3) is 3.41. The molecule has 1 heterocycles. The van der Waals surface area contributed by atoms with Crippen LogP contribution in [0.15, 0.2) is 0 Å². The highest BCUT2D eigenvalue weighted by Crippen LogP contribution is 2.17. The second-order valence-electron chi connectivity index (χ2n) is 4.45. The van der Waals surface area contributed by atoms with Gasteiger partial charge >= 0.3 is 0 Å². The molecule has 0 saturated carbocycles. The van der Waals surface area contributed by atoms with Gasteiger partial charge in [0.25, 0.3) is 0 Å². The molecule has 1 fully saturated rings. The highest BCUT2D eigenvalue weighted by molar-refractivity contribution is 7.89. The van der Waals surface area contributed by atoms with Crippen molar-refractivity contribution in [3.8, 4) is 0 Å². The first-order valence-electron chi connectivity index (χ1n) is 5.71. The Morgan fingerprint density at radius 3 is 2.75 bits per heavy atom. The van der Waals surface area contributed by atoms with Crippen LogP contribution >= 0.6 is 0 Å². The molecule has 0 radical (unpaired) electrons. The first-order chi connectivity index (χ1) is 7.48. The van der Waals surface area contributed by atoms with Crippen molar-refractivity contribution >= 4 is 10.0 Å². The van der Waals surface area contributed by atoms with E-state index in [1.54, 1.807) is 14.0 Å². The third-order valence-electron chi connectivity index (χ3n) is 3.04. The fraction of sp³-hybridized carbons (Fsp3) is 1.00. The molecular weight excluding hydrogens is 228 g/mol. The molecule has 1 saturated heterocycles. The van der Waals surface area contributed by atoms with Gasteiger partial charge in [0.15, 0.2) is 0 Å². The lowest BCUT2D eigenvalue weighted by Gasteiger charge is -2.28. The standard InChI is InChI=1S/C10H22N2O3S/c1-9(6-11)16(13,14)12(2)7-10-4-3-5-15-8-10/h9-10H,3-8,11H2,1-2H3. The highest BCUT2D eigenvalue weighted by Gasteiger charge is 2.27. The van der Waals surface area contributed by atoms with E-state index in [0.29, 0.717) is 19.1 Å². The lowest BCUT2D eigenvalue weighted by molar-refractivity contribution is 0.0495. The fourth-order valence-electron chi connectivity index (χ4n) is 1.85. The summed E-state index contributed by atoms with van der Waals surface area (Å²) < 4.78 is 30.6. The smallest absolute Gasteiger partial charge is 0.217 e. The van der Waals surface area contributed by atoms with Gasteiger partial charge in [-0.15, -0.1) is 0 Å². The van der Waals surface area contributed by atoms with Crippen molar-refractivity contribution in [1.29, 1.82) is 0 Å². The number of nitrogens with two attached hydrogens (primary N) is 1. The molecule has 1 aliphatic rings. The summed E-state index contributed by atoms with van der Waals surface area (Å²) in [5.41, 5.74) is 5.40. The average molecular weight is 250 g/mol. The third-order valence-corrected chi connectivity index (χ3v) is 5.27. The maximum Gasteiger partial charge on any atom is 0.217 e. The van der Waals surface area contributed by atoms with Gasteiger partial charge in [-0.2, -0.15) is 0 Å². The summed E-state index contributed by atoms with van der Waals surface area (Å²) in [4.78, 5) is 0. The van der Waals surface area contributed by atoms with E-state index < -0.39 is 15.3 Å². The number of hydrogen-bond donors (Lipinski definition) is 1. The van der Waals surface area contributed by atoms with Crippen LogP contribution in [-0.2, 0) is 14.8 Å². The Morgan fingerprint density at radius 1 is 1.56 bits per heavy atom. The molecule has 96 valence electrons. The molecule has 1 aliphatic heterocycles. The van der Waals surface area contributed by atoms with E-state index in [-0.39, 0.29) is 6.54 Å². The number of rotatable bonds is 5. The first-order valence-corrected chi connectivity index (χ1v) is 7.21. The van der Waals surface area contributed by atoms with E-state index in [9.17, 15) is 8.42 Å². The first kappa shape index (κ1) is 13.9. The number of hydrogen-bond acceptors (Lipinski definition) is 4. The average Bonchev–Trinajstić information content (AvgIpc) is 2.29. The Labute approximate surface area is 98.0 Å². The SMILES string of the molecule is CC(CN)S(=O)(=O)N(C)CC1CCCOC1. The van der Waals surface area contributed by atoms with Crippen LogP contribution < -0.4 is 5.73 Å². The van der Waals surface area contributed by atoms with Gasteiger partial charge in [-0.3, -0.25) is 0 Å². The molecule has 0 aromatic heterocycles. The van der Waals surface area contributed by atoms with E-state index in [1.807, 2.05) is 0 Å². The number of ether oxygens (including phenoxy) is 1. The molecule has 5 nitrogen and oxygen atoms in total. The van der Waals surface area contributed by atoms with Gasteiger partial charge in [0, 0.05) is 26.7 Å². The molecule has 0 aliphatic carbocycles. The minimum Gasteiger partial charge on any atom is -0.381 e. The van der Waals surface area contributed by atoms with Crippen LogP contribution in [0.1, 0.15) is 19.8 Å². The molecule has 0 bridgehead atoms. The molecule has 16 heavy (non-hydrogen) atoms. The summed E-state index contributed by atoms with van der Waals surface area (Å²) in [7, 11) is -1.61. The van der Waals surface area contributed by atoms with Crippen molar-refractivity contribution in [1.82, 2.24) is 4.31 Å². The summed E-state index contributed by atoms with van der Waals surface area (Å²) in [6, 6.07) is 0. The number of nitrogens with zero attached hydrogens (tertiary/aromatic N) is 1. The van der Waals surface area contributed by atoms with Crippen molar-refractivity contribution in [2.24, 2.45) is 11.7 Å². The van der Waals surface area contributed by atoms with Crippen molar-refractivity contribution in [2.45, 2.75) is 25.0 Å². The van der Waals surface area contributed by atoms with Crippen molar-refractivity contribution < 1.29 is 13.2 Å². The molecule has 2 unspecified atom stereocenters. The van der Waals surface area contributed by atoms with Gasteiger partial charge < -0.3 is 10.5 Å². The summed E-state index contributed by atoms with van der Waals surface area (Å²) in [5.74, 6) is 0.318. The topological polar surface area (TPSA) is 72.6 Å². The molecule has 6 heteroatoms. The van der Waals surface area contributed by atoms with Crippen LogP contribution in [0.2, 0.25) is 0 Å². The van der Waals surface area contributed by atoms with Crippen molar-refractivity contribution in [3.05, 3.63) is 0 Å². The minimum atomic E-state index is -3.24. The highest BCUT2D eigenvalue weighted by atomic mass is 32.2. The van der Waals surface area contributed by atoms with Gasteiger partial charge in [-0.1, -0.05) is 0 Å². The van der Waals surface area contributed by atoms with Crippen LogP contribution in [0.4, 0.5) is 0 Å². The summed E-state index contributed by atoms with van der Waals surface area (Å²) in [6.45, 7) is 3.80. The zero-order valence-electron chi connectivity index (χ0n) is 10.1. The predicted octanol–water partition coefficient (Wildman–Crippen LogP) is 0.0218. The van der Waals surface area contributed by atoms with E-state index in [1.165, 1.54) is 4.31 Å². The van der Waals surface area contributed by atoms with Crippen LogP contribution in [0.5, 0.6) is 0 Å². The molecule has 0 aromatic rings. The zero-order valence-corrected chi connectivity index (χ0v) is 10.9. The predicted molar refractivity (Wildman–Crippen MR) is 63.6 cm³/mol. The molecular formula is C10H22N2O3S. The monoisotopic (exact) mass is 250 g/mol. The molecule has 0 amide bonds. The van der Waals surface area contributed by atoms with Gasteiger partial charge in [-0.05, 0) is 25.7 Å². The van der Waals surface area contributed by atoms with Crippen LogP contribution in [0.25, 0.3) is 0 Å². The largest absolute Gasteiger partial charge is 0.381 e. The van der Waals surface area contributed by atoms with Gasteiger partial charge in [0.05, 0.1) is 11.9 Å². The minimum absolute atomic E-state index is 0.161. The summed E-state index contributed by atoms with van der Waals surface area (Å²) in [6.07, 6.45) is 2.06. The quantitative estimate of drug-likeness (QED) is 0.746. The summed E-state index contributed by atoms with van der Waals surface area (Å²) >= 11 is 0. The molecule has 0 spiro atoms. The van der Waals surface area contributed by atoms with Gasteiger partial charge in [0.2, 0.25) is 10.0 Å². The Morgan fingerprint density at radius 2 is 2.25 bits per heavy atom. The summed E-state index contributed by atoms with van der Waals surface area (Å²) in [5, 5.41) is -0.512. The molecule has 1 rings (SSSR count). The maximum absolute atomic E-state index is 11.9. The molecule has 0 aromatic carbocycles. The van der Waals surface area contributed by atoms with E-state index in [2.05, 4.69) is 0 Å². The van der Waals surface area contributed by atoms with Gasteiger partial charge in [0.1, 0.15) is 0 Å². The molecule has 2 N–H and O–H groups in total.